The van der Waals surface area contributed by atoms with E-state index in [0.717, 1.165) is 70.0 Å². The maximum atomic E-state index is 13.4. The summed E-state index contributed by atoms with van der Waals surface area (Å²) in [6.45, 7) is 4.88. The number of hydrogen-bond donors (Lipinski definition) is 1. The molecular weight excluding hydrogens is 536 g/mol. The molecule has 234 valence electrons. The van der Waals surface area contributed by atoms with E-state index >= 15 is 0 Å². The standard InChI is InChI=1S/C33H56N2O5S/c1-33(2,25-18-12-8-6-4-5-7-9-13-19-25)35-29(36)24-28(31(35)38)41-23-17-11-10-16-22-34-30(37)26-20-14-15-21-27(26)32(39)40-3/h25-28H,4-24H2,1-3H3,(H,34,37). The minimum atomic E-state index is -0.420. The molecule has 0 aromatic rings. The lowest BCUT2D eigenvalue weighted by Crippen LogP contribution is -2.52. The van der Waals surface area contributed by atoms with Gasteiger partial charge in [-0.25, -0.2) is 0 Å². The Hall–Kier alpha value is -1.57. The zero-order valence-corrected chi connectivity index (χ0v) is 26.9. The number of rotatable bonds is 12. The Balaban J connectivity index is 1.35. The number of imide groups is 1. The summed E-state index contributed by atoms with van der Waals surface area (Å²) in [5, 5.41) is 2.78. The lowest BCUT2D eigenvalue weighted by Gasteiger charge is -2.41. The molecule has 0 bridgehead atoms. The molecule has 41 heavy (non-hydrogen) atoms. The molecule has 0 spiro atoms. The maximum absolute atomic E-state index is 13.4. The molecule has 0 radical (unpaired) electrons. The van der Waals surface area contributed by atoms with Gasteiger partial charge in [0.15, 0.2) is 0 Å². The van der Waals surface area contributed by atoms with E-state index in [1.165, 1.54) is 58.5 Å². The third-order valence-corrected chi connectivity index (χ3v) is 11.1. The highest BCUT2D eigenvalue weighted by atomic mass is 32.2. The van der Waals surface area contributed by atoms with Crippen LogP contribution in [0, 0.1) is 17.8 Å². The Morgan fingerprint density at radius 3 is 2.02 bits per heavy atom. The predicted octanol–water partition coefficient (Wildman–Crippen LogP) is 6.81. The highest BCUT2D eigenvalue weighted by Crippen LogP contribution is 2.39. The van der Waals surface area contributed by atoms with Gasteiger partial charge < -0.3 is 10.1 Å². The Bertz CT molecular complexity index is 851. The molecule has 1 aliphatic heterocycles. The van der Waals surface area contributed by atoms with Crippen LogP contribution >= 0.6 is 11.8 Å². The summed E-state index contributed by atoms with van der Waals surface area (Å²) in [4.78, 5) is 52.9. The van der Waals surface area contributed by atoms with Crippen LogP contribution in [0.3, 0.4) is 0 Å². The predicted molar refractivity (Wildman–Crippen MR) is 165 cm³/mol. The van der Waals surface area contributed by atoms with Crippen LogP contribution < -0.4 is 5.32 Å². The van der Waals surface area contributed by atoms with Gasteiger partial charge in [0, 0.05) is 18.5 Å². The topological polar surface area (TPSA) is 92.8 Å². The first-order chi connectivity index (χ1) is 19.8. The number of ether oxygens (including phenoxy) is 1. The first-order valence-electron chi connectivity index (χ1n) is 16.6. The second-order valence-electron chi connectivity index (χ2n) is 13.1. The fourth-order valence-electron chi connectivity index (χ4n) is 7.24. The summed E-state index contributed by atoms with van der Waals surface area (Å²) >= 11 is 1.65. The molecule has 3 aliphatic rings. The highest BCUT2D eigenvalue weighted by Gasteiger charge is 2.48. The summed E-state index contributed by atoms with van der Waals surface area (Å²) in [6, 6.07) is 0. The van der Waals surface area contributed by atoms with E-state index in [2.05, 4.69) is 19.2 Å². The summed E-state index contributed by atoms with van der Waals surface area (Å²) in [6.07, 6.45) is 20.1. The van der Waals surface area contributed by atoms with Crippen molar-refractivity contribution in [2.75, 3.05) is 19.4 Å². The third-order valence-electron chi connectivity index (χ3n) is 9.83. The highest BCUT2D eigenvalue weighted by molar-refractivity contribution is 8.00. The number of amides is 3. The van der Waals surface area contributed by atoms with Crippen LogP contribution in [0.2, 0.25) is 0 Å². The number of nitrogens with zero attached hydrogens (tertiary/aromatic N) is 1. The van der Waals surface area contributed by atoms with Gasteiger partial charge in [-0.15, -0.1) is 11.8 Å². The normalized spacial score (nSPS) is 25.5. The van der Waals surface area contributed by atoms with Crippen LogP contribution in [0.4, 0.5) is 0 Å². The van der Waals surface area contributed by atoms with E-state index < -0.39 is 5.54 Å². The van der Waals surface area contributed by atoms with Crippen molar-refractivity contribution in [3.05, 3.63) is 0 Å². The number of esters is 1. The van der Waals surface area contributed by atoms with E-state index in [0.29, 0.717) is 18.9 Å². The molecule has 3 rings (SSSR count). The first-order valence-corrected chi connectivity index (χ1v) is 17.7. The monoisotopic (exact) mass is 592 g/mol. The van der Waals surface area contributed by atoms with Crippen molar-refractivity contribution in [1.29, 1.82) is 0 Å². The summed E-state index contributed by atoms with van der Waals surface area (Å²) in [7, 11) is 1.39. The molecular formula is C33H56N2O5S. The lowest BCUT2D eigenvalue weighted by atomic mass is 9.78. The average Bonchev–Trinajstić information content (AvgIpc) is 3.22. The molecule has 3 amide bonds. The second kappa shape index (κ2) is 17.5. The smallest absolute Gasteiger partial charge is 0.309 e. The Labute approximate surface area is 253 Å². The zero-order chi connectivity index (χ0) is 29.7. The molecule has 8 heteroatoms. The van der Waals surface area contributed by atoms with Crippen molar-refractivity contribution < 1.29 is 23.9 Å². The minimum Gasteiger partial charge on any atom is -0.469 e. The summed E-state index contributed by atoms with van der Waals surface area (Å²) < 4.78 is 4.91. The van der Waals surface area contributed by atoms with Gasteiger partial charge in [-0.1, -0.05) is 77.0 Å². The van der Waals surface area contributed by atoms with Crippen LogP contribution in [-0.4, -0.2) is 58.8 Å². The molecule has 7 nitrogen and oxygen atoms in total. The maximum Gasteiger partial charge on any atom is 0.309 e. The van der Waals surface area contributed by atoms with Crippen molar-refractivity contribution in [2.45, 2.75) is 147 Å². The van der Waals surface area contributed by atoms with Gasteiger partial charge in [-0.05, 0) is 64.0 Å². The second-order valence-corrected chi connectivity index (χ2v) is 14.4. The number of unbranched alkanes of at least 4 members (excludes halogenated alkanes) is 3. The Kier molecular flexibility index (Phi) is 14.5. The number of hydrogen-bond acceptors (Lipinski definition) is 6. The van der Waals surface area contributed by atoms with Crippen molar-refractivity contribution in [1.82, 2.24) is 10.2 Å². The third kappa shape index (κ3) is 10.00. The molecule has 3 fully saturated rings. The molecule has 3 atom stereocenters. The van der Waals surface area contributed by atoms with Gasteiger partial charge in [-0.3, -0.25) is 24.1 Å². The van der Waals surface area contributed by atoms with Gasteiger partial charge in [-0.2, -0.15) is 0 Å². The molecule has 1 heterocycles. The van der Waals surface area contributed by atoms with Crippen LogP contribution in [0.1, 0.15) is 136 Å². The van der Waals surface area contributed by atoms with Gasteiger partial charge in [0.1, 0.15) is 0 Å². The summed E-state index contributed by atoms with van der Waals surface area (Å²) in [5.41, 5.74) is -0.420. The van der Waals surface area contributed by atoms with Crippen molar-refractivity contribution >= 4 is 35.5 Å². The zero-order valence-electron chi connectivity index (χ0n) is 26.1. The Morgan fingerprint density at radius 1 is 0.829 bits per heavy atom. The van der Waals surface area contributed by atoms with Crippen molar-refractivity contribution in [3.8, 4) is 0 Å². The molecule has 2 aliphatic carbocycles. The summed E-state index contributed by atoms with van der Waals surface area (Å²) in [5.74, 6) is 0.414. The van der Waals surface area contributed by atoms with E-state index in [1.807, 2.05) is 0 Å². The number of likely N-dealkylation sites (tertiary alicyclic amines) is 1. The van der Waals surface area contributed by atoms with Crippen LogP contribution in [0.5, 0.6) is 0 Å². The molecule has 2 saturated carbocycles. The quantitative estimate of drug-likeness (QED) is 0.152. The first kappa shape index (κ1) is 33.9. The number of carbonyl (C=O) groups excluding carboxylic acids is 4. The number of nitrogens with one attached hydrogen (secondary N) is 1. The van der Waals surface area contributed by atoms with Gasteiger partial charge >= 0.3 is 5.97 Å². The largest absolute Gasteiger partial charge is 0.469 e. The molecule has 0 aromatic carbocycles. The number of carbonyl (C=O) groups is 4. The molecule has 3 unspecified atom stereocenters. The van der Waals surface area contributed by atoms with Crippen LogP contribution in [-0.2, 0) is 23.9 Å². The minimum absolute atomic E-state index is 0.00922. The van der Waals surface area contributed by atoms with E-state index in [1.54, 1.807) is 16.7 Å². The SMILES string of the molecule is COC(=O)C1CCCCC1C(=O)NCCCCCCSC1CC(=O)N(C(C)(C)C2CCCCCCCCCC2)C1=O. The van der Waals surface area contributed by atoms with Crippen molar-refractivity contribution in [3.63, 3.8) is 0 Å². The molecule has 1 saturated heterocycles. The number of methoxy groups -OCH3 is 1. The van der Waals surface area contributed by atoms with Gasteiger partial charge in [0.05, 0.1) is 24.2 Å². The van der Waals surface area contributed by atoms with E-state index in [4.69, 9.17) is 4.74 Å². The van der Waals surface area contributed by atoms with E-state index in [-0.39, 0.29) is 40.8 Å². The van der Waals surface area contributed by atoms with E-state index in [9.17, 15) is 19.2 Å². The van der Waals surface area contributed by atoms with Crippen LogP contribution in [0.15, 0.2) is 0 Å². The fourth-order valence-corrected chi connectivity index (χ4v) is 8.41. The van der Waals surface area contributed by atoms with Crippen molar-refractivity contribution in [2.24, 2.45) is 17.8 Å². The fraction of sp³-hybridized carbons (Fsp3) is 0.879. The Morgan fingerprint density at radius 2 is 1.39 bits per heavy atom. The lowest BCUT2D eigenvalue weighted by molar-refractivity contribution is -0.152. The molecule has 1 N–H and O–H groups in total. The molecule has 0 aromatic heterocycles. The number of thioether (sulfide) groups is 1. The van der Waals surface area contributed by atoms with Gasteiger partial charge in [0.2, 0.25) is 17.7 Å². The average molecular weight is 593 g/mol. The van der Waals surface area contributed by atoms with Crippen LogP contribution in [0.25, 0.3) is 0 Å². The van der Waals surface area contributed by atoms with Gasteiger partial charge in [0.25, 0.3) is 0 Å².